The van der Waals surface area contributed by atoms with Gasteiger partial charge in [-0.15, -0.1) is 0 Å². The van der Waals surface area contributed by atoms with E-state index < -0.39 is 0 Å². The third kappa shape index (κ3) is 5.47. The third-order valence-electron chi connectivity index (χ3n) is 2.86. The second kappa shape index (κ2) is 8.53. The highest BCUT2D eigenvalue weighted by atomic mass is 16.5. The number of carbonyl (C=O) groups is 1. The van der Waals surface area contributed by atoms with Gasteiger partial charge in [-0.25, -0.2) is 0 Å². The summed E-state index contributed by atoms with van der Waals surface area (Å²) in [7, 11) is 0. The van der Waals surface area contributed by atoms with E-state index in [0.29, 0.717) is 13.2 Å². The summed E-state index contributed by atoms with van der Waals surface area (Å²) in [6.45, 7) is 6.08. The Balaban J connectivity index is 1.97. The fraction of sp³-hybridized carbons (Fsp3) is 0.917. The Bertz CT molecular complexity index is 191. The summed E-state index contributed by atoms with van der Waals surface area (Å²) in [5.41, 5.74) is 0. The van der Waals surface area contributed by atoms with Crippen LogP contribution in [0.3, 0.4) is 0 Å². The summed E-state index contributed by atoms with van der Waals surface area (Å²) in [6, 6.07) is 0. The Kier molecular flexibility index (Phi) is 7.17. The lowest BCUT2D eigenvalue weighted by atomic mass is 9.99. The van der Waals surface area contributed by atoms with Gasteiger partial charge in [-0.3, -0.25) is 4.79 Å². The number of amides is 1. The van der Waals surface area contributed by atoms with Crippen molar-refractivity contribution in [1.29, 1.82) is 0 Å². The highest BCUT2D eigenvalue weighted by molar-refractivity contribution is 5.78. The zero-order valence-electron chi connectivity index (χ0n) is 10.3. The third-order valence-corrected chi connectivity index (χ3v) is 2.86. The zero-order chi connectivity index (χ0) is 11.6. The first-order valence-corrected chi connectivity index (χ1v) is 6.40. The zero-order valence-corrected chi connectivity index (χ0v) is 10.3. The smallest absolute Gasteiger partial charge is 0.224 e. The molecule has 1 aliphatic rings. The van der Waals surface area contributed by atoms with Crippen LogP contribution in [0.15, 0.2) is 0 Å². The molecule has 4 heteroatoms. The number of ether oxygens (including phenoxy) is 1. The normalized spacial score (nSPS) is 20.7. The van der Waals surface area contributed by atoms with E-state index in [1.165, 1.54) is 0 Å². The maximum atomic E-state index is 11.7. The summed E-state index contributed by atoms with van der Waals surface area (Å²) in [4.78, 5) is 11.7. The minimum atomic E-state index is 0.157. The maximum absolute atomic E-state index is 11.7. The van der Waals surface area contributed by atoms with Gasteiger partial charge in [-0.2, -0.15) is 0 Å². The molecule has 0 radical (unpaired) electrons. The fourth-order valence-electron chi connectivity index (χ4n) is 1.81. The lowest BCUT2D eigenvalue weighted by molar-refractivity contribution is -0.125. The van der Waals surface area contributed by atoms with Crippen molar-refractivity contribution in [3.8, 4) is 0 Å². The molecule has 1 aliphatic heterocycles. The summed E-state index contributed by atoms with van der Waals surface area (Å²) in [5.74, 6) is 0.329. The van der Waals surface area contributed by atoms with Crippen molar-refractivity contribution in [2.75, 3.05) is 32.8 Å². The lowest BCUT2D eigenvalue weighted by Crippen LogP contribution is -2.41. The van der Waals surface area contributed by atoms with Gasteiger partial charge in [0, 0.05) is 19.7 Å². The van der Waals surface area contributed by atoms with Crippen LogP contribution >= 0.6 is 0 Å². The molecule has 0 unspecified atom stereocenters. The number of hydrogen-bond donors (Lipinski definition) is 2. The Labute approximate surface area is 98.1 Å². The van der Waals surface area contributed by atoms with Crippen LogP contribution in [0.5, 0.6) is 0 Å². The highest BCUT2D eigenvalue weighted by Crippen LogP contribution is 2.09. The second-order valence-electron chi connectivity index (χ2n) is 4.30. The predicted octanol–water partition coefficient (Wildman–Crippen LogP) is 0.919. The van der Waals surface area contributed by atoms with Crippen molar-refractivity contribution in [2.24, 2.45) is 5.92 Å². The van der Waals surface area contributed by atoms with Crippen molar-refractivity contribution in [2.45, 2.75) is 32.6 Å². The predicted molar refractivity (Wildman–Crippen MR) is 64.3 cm³/mol. The highest BCUT2D eigenvalue weighted by Gasteiger charge is 2.19. The number of rotatable bonds is 7. The molecule has 1 atom stereocenters. The quantitative estimate of drug-likeness (QED) is 0.637. The van der Waals surface area contributed by atoms with Gasteiger partial charge < -0.3 is 15.4 Å². The molecule has 2 N–H and O–H groups in total. The molecule has 0 aromatic rings. The summed E-state index contributed by atoms with van der Waals surface area (Å²) < 4.78 is 5.38. The Morgan fingerprint density at radius 1 is 1.50 bits per heavy atom. The Morgan fingerprint density at radius 2 is 2.38 bits per heavy atom. The molecule has 0 aromatic carbocycles. The van der Waals surface area contributed by atoms with E-state index >= 15 is 0 Å². The van der Waals surface area contributed by atoms with E-state index in [1.54, 1.807) is 0 Å². The van der Waals surface area contributed by atoms with Gasteiger partial charge in [0.05, 0.1) is 12.5 Å². The van der Waals surface area contributed by atoms with Crippen LogP contribution in [0.25, 0.3) is 0 Å². The first-order chi connectivity index (χ1) is 7.84. The molecule has 1 saturated heterocycles. The van der Waals surface area contributed by atoms with E-state index in [0.717, 1.165) is 45.4 Å². The van der Waals surface area contributed by atoms with Crippen molar-refractivity contribution in [1.82, 2.24) is 10.6 Å². The monoisotopic (exact) mass is 228 g/mol. The summed E-state index contributed by atoms with van der Waals surface area (Å²) >= 11 is 0. The van der Waals surface area contributed by atoms with E-state index in [9.17, 15) is 4.79 Å². The van der Waals surface area contributed by atoms with Crippen LogP contribution in [0.4, 0.5) is 0 Å². The number of carbonyl (C=O) groups excluding carboxylic acids is 1. The van der Waals surface area contributed by atoms with Gasteiger partial charge in [0.25, 0.3) is 0 Å². The van der Waals surface area contributed by atoms with Gasteiger partial charge in [0.1, 0.15) is 0 Å². The standard InChI is InChI=1S/C12H24N2O2/c1-2-3-8-16-9-7-14-12(15)11-5-4-6-13-10-11/h11,13H,2-10H2,1H3,(H,14,15)/t11-/m0/s1. The van der Waals surface area contributed by atoms with Crippen LogP contribution in [0, 0.1) is 5.92 Å². The largest absolute Gasteiger partial charge is 0.380 e. The molecule has 16 heavy (non-hydrogen) atoms. The molecule has 1 heterocycles. The molecule has 94 valence electrons. The second-order valence-corrected chi connectivity index (χ2v) is 4.30. The SMILES string of the molecule is CCCCOCCNC(=O)[C@H]1CCCNC1. The van der Waals surface area contributed by atoms with Crippen molar-refractivity contribution in [3.05, 3.63) is 0 Å². The summed E-state index contributed by atoms with van der Waals surface area (Å²) in [5, 5.41) is 6.17. The lowest BCUT2D eigenvalue weighted by Gasteiger charge is -2.21. The van der Waals surface area contributed by atoms with Crippen LogP contribution in [-0.4, -0.2) is 38.8 Å². The summed E-state index contributed by atoms with van der Waals surface area (Å²) in [6.07, 6.45) is 4.36. The molecular formula is C12H24N2O2. The Hall–Kier alpha value is -0.610. The molecule has 0 spiro atoms. The fourth-order valence-corrected chi connectivity index (χ4v) is 1.81. The number of unbranched alkanes of at least 4 members (excludes halogenated alkanes) is 1. The molecule has 0 aliphatic carbocycles. The van der Waals surface area contributed by atoms with Gasteiger partial charge in [0.15, 0.2) is 0 Å². The van der Waals surface area contributed by atoms with Crippen molar-refractivity contribution < 1.29 is 9.53 Å². The van der Waals surface area contributed by atoms with Gasteiger partial charge in [0.2, 0.25) is 5.91 Å². The van der Waals surface area contributed by atoms with Crippen molar-refractivity contribution >= 4 is 5.91 Å². The average molecular weight is 228 g/mol. The van der Waals surface area contributed by atoms with Crippen LogP contribution in [0.1, 0.15) is 32.6 Å². The van der Waals surface area contributed by atoms with Crippen molar-refractivity contribution in [3.63, 3.8) is 0 Å². The molecule has 1 amide bonds. The van der Waals surface area contributed by atoms with Gasteiger partial charge in [-0.05, 0) is 25.8 Å². The number of piperidine rings is 1. The average Bonchev–Trinajstić information content (AvgIpc) is 2.34. The minimum Gasteiger partial charge on any atom is -0.380 e. The molecular weight excluding hydrogens is 204 g/mol. The number of nitrogens with one attached hydrogen (secondary N) is 2. The maximum Gasteiger partial charge on any atom is 0.224 e. The van der Waals surface area contributed by atoms with Gasteiger partial charge >= 0.3 is 0 Å². The van der Waals surface area contributed by atoms with Crippen LogP contribution < -0.4 is 10.6 Å². The molecule has 1 fully saturated rings. The van der Waals surface area contributed by atoms with E-state index in [-0.39, 0.29) is 11.8 Å². The van der Waals surface area contributed by atoms with Crippen LogP contribution in [0.2, 0.25) is 0 Å². The van der Waals surface area contributed by atoms with Gasteiger partial charge in [-0.1, -0.05) is 13.3 Å². The van der Waals surface area contributed by atoms with Crippen LogP contribution in [-0.2, 0) is 9.53 Å². The van der Waals surface area contributed by atoms with E-state index in [2.05, 4.69) is 17.6 Å². The Morgan fingerprint density at radius 3 is 3.06 bits per heavy atom. The molecule has 4 nitrogen and oxygen atoms in total. The first-order valence-electron chi connectivity index (χ1n) is 6.40. The first kappa shape index (κ1) is 13.5. The molecule has 1 rings (SSSR count). The van der Waals surface area contributed by atoms with E-state index in [1.807, 2.05) is 0 Å². The van der Waals surface area contributed by atoms with E-state index in [4.69, 9.17) is 4.74 Å². The molecule has 0 bridgehead atoms. The number of hydrogen-bond acceptors (Lipinski definition) is 3. The minimum absolute atomic E-state index is 0.157. The topological polar surface area (TPSA) is 50.4 Å². The molecule has 0 aromatic heterocycles. The molecule has 0 saturated carbocycles.